The predicted octanol–water partition coefficient (Wildman–Crippen LogP) is 4.06. The van der Waals surface area contributed by atoms with E-state index in [1.54, 1.807) is 24.5 Å². The van der Waals surface area contributed by atoms with Crippen LogP contribution < -0.4 is 20.9 Å². The van der Waals surface area contributed by atoms with Crippen LogP contribution in [0.1, 0.15) is 18.5 Å². The molecule has 2 atom stereocenters. The number of rotatable bonds is 6. The van der Waals surface area contributed by atoms with Crippen LogP contribution in [-0.4, -0.2) is 50.1 Å². The minimum atomic E-state index is 0.512. The summed E-state index contributed by atoms with van der Waals surface area (Å²) in [5.41, 5.74) is 3.85. The molecule has 0 aliphatic carbocycles. The summed E-state index contributed by atoms with van der Waals surface area (Å²) in [7, 11) is 0. The van der Waals surface area contributed by atoms with Crippen LogP contribution in [0.25, 0.3) is 11.5 Å². The second-order valence-corrected chi connectivity index (χ2v) is 9.03. The Balaban J connectivity index is 1.13. The fourth-order valence-electron chi connectivity index (χ4n) is 4.73. The van der Waals surface area contributed by atoms with E-state index in [0.29, 0.717) is 35.5 Å². The number of hydrogen-bond acceptors (Lipinski definition) is 9. The summed E-state index contributed by atoms with van der Waals surface area (Å²) in [4.78, 5) is 24.9. The van der Waals surface area contributed by atoms with E-state index in [-0.39, 0.29) is 0 Å². The first kappa shape index (κ1) is 21.4. The van der Waals surface area contributed by atoms with Crippen molar-refractivity contribution in [2.24, 2.45) is 0 Å². The van der Waals surface area contributed by atoms with Crippen molar-refractivity contribution in [3.05, 3.63) is 72.7 Å². The van der Waals surface area contributed by atoms with E-state index in [2.05, 4.69) is 70.0 Å². The van der Waals surface area contributed by atoms with Gasteiger partial charge in [-0.1, -0.05) is 6.07 Å². The molecule has 2 bridgehead atoms. The van der Waals surface area contributed by atoms with Gasteiger partial charge in [0.1, 0.15) is 17.3 Å². The van der Waals surface area contributed by atoms with E-state index < -0.39 is 0 Å². The molecule has 0 radical (unpaired) electrons. The third-order valence-corrected chi connectivity index (χ3v) is 6.39. The lowest BCUT2D eigenvalue weighted by molar-refractivity contribution is 0.466. The highest BCUT2D eigenvalue weighted by Crippen LogP contribution is 2.27. The molecule has 2 aliphatic heterocycles. The molecule has 0 saturated carbocycles. The summed E-state index contributed by atoms with van der Waals surface area (Å²) in [6, 6.07) is 19.1. The van der Waals surface area contributed by atoms with Gasteiger partial charge in [0, 0.05) is 54.6 Å². The highest BCUT2D eigenvalue weighted by atomic mass is 15.2. The lowest BCUT2D eigenvalue weighted by Gasteiger charge is -2.34. The molecule has 0 unspecified atom stereocenters. The van der Waals surface area contributed by atoms with Gasteiger partial charge in [-0.15, -0.1) is 0 Å². The SMILES string of the molecule is Cc1cccc(-c2nccc(Nc3ccnc(Nc4ccc(N5C[C@H]6CC[C@@H](C5)N6)cc4)n3)n2)n1. The van der Waals surface area contributed by atoms with Crippen LogP contribution in [0, 0.1) is 6.92 Å². The summed E-state index contributed by atoms with van der Waals surface area (Å²) in [6.45, 7) is 4.10. The molecule has 2 fully saturated rings. The Morgan fingerprint density at radius 1 is 0.800 bits per heavy atom. The first-order valence-corrected chi connectivity index (χ1v) is 11.9. The fourth-order valence-corrected chi connectivity index (χ4v) is 4.73. The standard InChI is InChI=1S/C26H27N9/c1-17-3-2-4-22(29-17)25-27-13-11-23(33-25)32-24-12-14-28-26(34-24)31-18-7-9-21(10-8-18)35-15-19-5-6-20(16-35)30-19/h2-4,7-14,19-20,30H,5-6,15-16H2,1H3,(H2,27,28,31,32,33,34)/t19-,20+. The zero-order chi connectivity index (χ0) is 23.6. The van der Waals surface area contributed by atoms with Crippen LogP contribution in [0.2, 0.25) is 0 Å². The Labute approximate surface area is 204 Å². The van der Waals surface area contributed by atoms with Crippen molar-refractivity contribution >= 4 is 29.0 Å². The average Bonchev–Trinajstić information content (AvgIpc) is 3.22. The van der Waals surface area contributed by atoms with Crippen LogP contribution in [0.5, 0.6) is 0 Å². The number of nitrogens with zero attached hydrogens (tertiary/aromatic N) is 6. The first-order valence-electron chi connectivity index (χ1n) is 11.9. The maximum atomic E-state index is 4.59. The second kappa shape index (κ2) is 9.27. The molecule has 9 nitrogen and oxygen atoms in total. The molecule has 9 heteroatoms. The molecular formula is C26H27N9. The highest BCUT2D eigenvalue weighted by Gasteiger charge is 2.32. The van der Waals surface area contributed by atoms with Gasteiger partial charge in [-0.05, 0) is 68.3 Å². The van der Waals surface area contributed by atoms with Crippen molar-refractivity contribution in [1.82, 2.24) is 30.2 Å². The van der Waals surface area contributed by atoms with Crippen molar-refractivity contribution in [1.29, 1.82) is 0 Å². The van der Waals surface area contributed by atoms with E-state index in [1.807, 2.05) is 25.1 Å². The zero-order valence-electron chi connectivity index (χ0n) is 19.5. The Hall–Kier alpha value is -4.11. The van der Waals surface area contributed by atoms with Crippen molar-refractivity contribution in [2.45, 2.75) is 31.8 Å². The molecule has 35 heavy (non-hydrogen) atoms. The lowest BCUT2D eigenvalue weighted by Crippen LogP contribution is -2.51. The van der Waals surface area contributed by atoms with E-state index in [9.17, 15) is 0 Å². The van der Waals surface area contributed by atoms with Crippen LogP contribution in [0.4, 0.5) is 29.0 Å². The van der Waals surface area contributed by atoms with Crippen molar-refractivity contribution in [2.75, 3.05) is 28.6 Å². The number of fused-ring (bicyclic) bond motifs is 2. The number of benzene rings is 1. The average molecular weight is 466 g/mol. The molecular weight excluding hydrogens is 438 g/mol. The Morgan fingerprint density at radius 3 is 2.31 bits per heavy atom. The molecule has 0 amide bonds. The van der Waals surface area contributed by atoms with Gasteiger partial charge < -0.3 is 20.9 Å². The normalized spacial score (nSPS) is 18.9. The van der Waals surface area contributed by atoms with Gasteiger partial charge in [0.25, 0.3) is 0 Å². The van der Waals surface area contributed by atoms with Crippen molar-refractivity contribution in [3.63, 3.8) is 0 Å². The molecule has 2 aliphatic rings. The van der Waals surface area contributed by atoms with Gasteiger partial charge in [0.05, 0.1) is 0 Å². The quantitative estimate of drug-likeness (QED) is 0.389. The molecule has 6 rings (SSSR count). The van der Waals surface area contributed by atoms with Gasteiger partial charge in [-0.2, -0.15) is 4.98 Å². The van der Waals surface area contributed by atoms with Gasteiger partial charge in [-0.3, -0.25) is 0 Å². The van der Waals surface area contributed by atoms with E-state index >= 15 is 0 Å². The highest BCUT2D eigenvalue weighted by molar-refractivity contribution is 5.62. The number of aromatic nitrogens is 5. The molecule has 4 aromatic rings. The molecule has 176 valence electrons. The second-order valence-electron chi connectivity index (χ2n) is 9.03. The summed E-state index contributed by atoms with van der Waals surface area (Å²) in [5.74, 6) is 2.34. The van der Waals surface area contributed by atoms with Gasteiger partial charge in [0.2, 0.25) is 5.95 Å². The van der Waals surface area contributed by atoms with Crippen molar-refractivity contribution in [3.8, 4) is 11.5 Å². The zero-order valence-corrected chi connectivity index (χ0v) is 19.5. The number of anilines is 5. The number of hydrogen-bond donors (Lipinski definition) is 3. The number of nitrogens with one attached hydrogen (secondary N) is 3. The van der Waals surface area contributed by atoms with E-state index in [0.717, 1.165) is 30.2 Å². The van der Waals surface area contributed by atoms with E-state index in [1.165, 1.54) is 18.5 Å². The number of piperazine rings is 1. The molecule has 5 heterocycles. The third kappa shape index (κ3) is 4.90. The van der Waals surface area contributed by atoms with E-state index in [4.69, 9.17) is 0 Å². The minimum Gasteiger partial charge on any atom is -0.368 e. The van der Waals surface area contributed by atoms with Crippen molar-refractivity contribution < 1.29 is 0 Å². The molecule has 3 N–H and O–H groups in total. The Morgan fingerprint density at radius 2 is 1.54 bits per heavy atom. The summed E-state index contributed by atoms with van der Waals surface area (Å²) >= 11 is 0. The number of pyridine rings is 1. The van der Waals surface area contributed by atoms with Gasteiger partial charge in [0.15, 0.2) is 5.82 Å². The third-order valence-electron chi connectivity index (χ3n) is 6.39. The van der Waals surface area contributed by atoms with Gasteiger partial charge in [-0.25, -0.2) is 19.9 Å². The lowest BCUT2D eigenvalue weighted by atomic mass is 10.2. The molecule has 2 saturated heterocycles. The number of aryl methyl sites for hydroxylation is 1. The van der Waals surface area contributed by atoms with Crippen LogP contribution in [-0.2, 0) is 0 Å². The Kier molecular flexibility index (Phi) is 5.67. The summed E-state index contributed by atoms with van der Waals surface area (Å²) in [5, 5.41) is 10.2. The first-order chi connectivity index (χ1) is 17.2. The fraction of sp³-hybridized carbons (Fsp3) is 0.269. The summed E-state index contributed by atoms with van der Waals surface area (Å²) < 4.78 is 0. The maximum absolute atomic E-state index is 4.59. The minimum absolute atomic E-state index is 0.512. The molecule has 3 aromatic heterocycles. The van der Waals surface area contributed by atoms with Crippen LogP contribution in [0.3, 0.4) is 0 Å². The van der Waals surface area contributed by atoms with Crippen LogP contribution >= 0.6 is 0 Å². The smallest absolute Gasteiger partial charge is 0.229 e. The molecule has 1 aromatic carbocycles. The molecule has 0 spiro atoms. The van der Waals surface area contributed by atoms with Crippen LogP contribution in [0.15, 0.2) is 67.0 Å². The maximum Gasteiger partial charge on any atom is 0.229 e. The van der Waals surface area contributed by atoms with Gasteiger partial charge >= 0.3 is 0 Å². The monoisotopic (exact) mass is 465 g/mol. The predicted molar refractivity (Wildman–Crippen MR) is 137 cm³/mol. The largest absolute Gasteiger partial charge is 0.368 e. The topological polar surface area (TPSA) is 104 Å². The summed E-state index contributed by atoms with van der Waals surface area (Å²) in [6.07, 6.45) is 5.98. The Bertz CT molecular complexity index is 1310.